The maximum absolute atomic E-state index is 11.8. The number of hydrogen-bond acceptors (Lipinski definition) is 5. The molecule has 1 aromatic carbocycles. The fraction of sp³-hybridized carbons (Fsp3) is 0.417. The number of sulfonamides is 1. The summed E-state index contributed by atoms with van der Waals surface area (Å²) in [6.07, 6.45) is 0.0513. The number of halogens is 1. The molecule has 0 atom stereocenters. The highest BCUT2D eigenvalue weighted by molar-refractivity contribution is 9.10. The van der Waals surface area contributed by atoms with Crippen molar-refractivity contribution in [3.63, 3.8) is 0 Å². The number of benzene rings is 1. The standard InChI is InChI=1S/C12H16BrNO5S/c1-8(2)18-5-6-19-12(15)9-3-4-10(13)11(7-9)20(14,16)17/h3-4,7-8H,5-6H2,1-2H3,(H2,14,16,17). The smallest absolute Gasteiger partial charge is 0.338 e. The molecule has 0 radical (unpaired) electrons. The largest absolute Gasteiger partial charge is 0.460 e. The molecule has 20 heavy (non-hydrogen) atoms. The highest BCUT2D eigenvalue weighted by Crippen LogP contribution is 2.22. The number of ether oxygens (including phenoxy) is 2. The number of carbonyl (C=O) groups is 1. The van der Waals surface area contributed by atoms with E-state index >= 15 is 0 Å². The quantitative estimate of drug-likeness (QED) is 0.611. The first-order chi connectivity index (χ1) is 9.21. The lowest BCUT2D eigenvalue weighted by molar-refractivity contribution is 0.0176. The van der Waals surface area contributed by atoms with E-state index in [1.54, 1.807) is 0 Å². The molecule has 0 saturated carbocycles. The van der Waals surface area contributed by atoms with Gasteiger partial charge < -0.3 is 9.47 Å². The molecule has 0 aliphatic carbocycles. The van der Waals surface area contributed by atoms with Crippen LogP contribution in [0.5, 0.6) is 0 Å². The van der Waals surface area contributed by atoms with Crippen molar-refractivity contribution in [1.29, 1.82) is 0 Å². The van der Waals surface area contributed by atoms with Gasteiger partial charge in [-0.15, -0.1) is 0 Å². The van der Waals surface area contributed by atoms with Crippen molar-refractivity contribution in [3.05, 3.63) is 28.2 Å². The molecule has 0 aromatic heterocycles. The summed E-state index contributed by atoms with van der Waals surface area (Å²) in [6, 6.07) is 4.05. The van der Waals surface area contributed by atoms with E-state index in [-0.39, 0.29) is 29.8 Å². The Balaban J connectivity index is 2.75. The SMILES string of the molecule is CC(C)OCCOC(=O)c1ccc(Br)c(S(N)(=O)=O)c1. The van der Waals surface area contributed by atoms with E-state index in [2.05, 4.69) is 15.9 Å². The van der Waals surface area contributed by atoms with Gasteiger partial charge in [0.25, 0.3) is 0 Å². The van der Waals surface area contributed by atoms with E-state index < -0.39 is 16.0 Å². The van der Waals surface area contributed by atoms with Crippen LogP contribution < -0.4 is 5.14 Å². The van der Waals surface area contributed by atoms with Gasteiger partial charge in [-0.3, -0.25) is 0 Å². The van der Waals surface area contributed by atoms with Crippen LogP contribution in [0.2, 0.25) is 0 Å². The van der Waals surface area contributed by atoms with Gasteiger partial charge in [-0.2, -0.15) is 0 Å². The maximum Gasteiger partial charge on any atom is 0.338 e. The van der Waals surface area contributed by atoms with Crippen LogP contribution in [0.4, 0.5) is 0 Å². The van der Waals surface area contributed by atoms with Gasteiger partial charge in [0.15, 0.2) is 0 Å². The molecule has 1 aromatic rings. The number of rotatable bonds is 6. The van der Waals surface area contributed by atoms with E-state index in [9.17, 15) is 13.2 Å². The van der Waals surface area contributed by atoms with Crippen LogP contribution in [-0.4, -0.2) is 33.7 Å². The van der Waals surface area contributed by atoms with Crippen molar-refractivity contribution >= 4 is 31.9 Å². The molecule has 8 heteroatoms. The predicted octanol–water partition coefficient (Wildman–Crippen LogP) is 1.68. The van der Waals surface area contributed by atoms with Gasteiger partial charge in [0, 0.05) is 4.47 Å². The summed E-state index contributed by atoms with van der Waals surface area (Å²) in [7, 11) is -3.91. The van der Waals surface area contributed by atoms with E-state index in [4.69, 9.17) is 14.6 Å². The third-order valence-electron chi connectivity index (χ3n) is 2.24. The van der Waals surface area contributed by atoms with Crippen molar-refractivity contribution < 1.29 is 22.7 Å². The van der Waals surface area contributed by atoms with Crippen molar-refractivity contribution in [2.24, 2.45) is 5.14 Å². The lowest BCUT2D eigenvalue weighted by Crippen LogP contribution is -2.16. The van der Waals surface area contributed by atoms with Crippen LogP contribution in [-0.2, 0) is 19.5 Å². The Morgan fingerprint density at radius 1 is 1.35 bits per heavy atom. The van der Waals surface area contributed by atoms with Crippen molar-refractivity contribution in [1.82, 2.24) is 0 Å². The van der Waals surface area contributed by atoms with Gasteiger partial charge in [0.2, 0.25) is 10.0 Å². The number of nitrogens with two attached hydrogens (primary N) is 1. The molecule has 0 unspecified atom stereocenters. The minimum Gasteiger partial charge on any atom is -0.460 e. The summed E-state index contributed by atoms with van der Waals surface area (Å²) in [5, 5.41) is 5.05. The summed E-state index contributed by atoms with van der Waals surface area (Å²) in [5.74, 6) is -0.630. The third kappa shape index (κ3) is 5.20. The summed E-state index contributed by atoms with van der Waals surface area (Å²) in [5.41, 5.74) is 0.113. The van der Waals surface area contributed by atoms with Crippen LogP contribution in [0, 0.1) is 0 Å². The van der Waals surface area contributed by atoms with Gasteiger partial charge in [-0.05, 0) is 48.0 Å². The minimum atomic E-state index is -3.91. The van der Waals surface area contributed by atoms with Crippen LogP contribution in [0.3, 0.4) is 0 Å². The second-order valence-corrected chi connectivity index (χ2v) is 6.63. The summed E-state index contributed by atoms with van der Waals surface area (Å²) in [6.45, 7) is 4.11. The first-order valence-electron chi connectivity index (χ1n) is 5.83. The third-order valence-corrected chi connectivity index (χ3v) is 4.15. The first-order valence-corrected chi connectivity index (χ1v) is 8.17. The second kappa shape index (κ2) is 7.16. The van der Waals surface area contributed by atoms with Gasteiger partial charge >= 0.3 is 5.97 Å². The first kappa shape index (κ1) is 17.1. The van der Waals surface area contributed by atoms with Crippen molar-refractivity contribution in [2.45, 2.75) is 24.8 Å². The van der Waals surface area contributed by atoms with Gasteiger partial charge in [-0.1, -0.05) is 0 Å². The molecule has 0 aliphatic rings. The zero-order valence-electron chi connectivity index (χ0n) is 11.1. The molecule has 6 nitrogen and oxygen atoms in total. The normalized spacial score (nSPS) is 11.7. The molecular formula is C12H16BrNO5S. The Hall–Kier alpha value is -0.960. The molecule has 0 saturated heterocycles. The molecule has 2 N–H and O–H groups in total. The Bertz CT molecular complexity index is 586. The average molecular weight is 366 g/mol. The monoisotopic (exact) mass is 365 g/mol. The lowest BCUT2D eigenvalue weighted by atomic mass is 10.2. The Kier molecular flexibility index (Phi) is 6.12. The van der Waals surface area contributed by atoms with E-state index in [0.717, 1.165) is 0 Å². The van der Waals surface area contributed by atoms with Crippen LogP contribution in [0.25, 0.3) is 0 Å². The fourth-order valence-corrected chi connectivity index (χ4v) is 2.90. The van der Waals surface area contributed by atoms with E-state index in [0.29, 0.717) is 4.47 Å². The predicted molar refractivity (Wildman–Crippen MR) is 76.9 cm³/mol. The summed E-state index contributed by atoms with van der Waals surface area (Å²) < 4.78 is 33.2. The molecule has 0 heterocycles. The topological polar surface area (TPSA) is 95.7 Å². The fourth-order valence-electron chi connectivity index (χ4n) is 1.35. The van der Waals surface area contributed by atoms with Crippen molar-refractivity contribution in [2.75, 3.05) is 13.2 Å². The van der Waals surface area contributed by atoms with E-state index in [1.807, 2.05) is 13.8 Å². The lowest BCUT2D eigenvalue weighted by Gasteiger charge is -2.09. The van der Waals surface area contributed by atoms with Gasteiger partial charge in [-0.25, -0.2) is 18.4 Å². The van der Waals surface area contributed by atoms with Crippen LogP contribution in [0.15, 0.2) is 27.6 Å². The Labute approximate surface area is 126 Å². The van der Waals surface area contributed by atoms with Crippen molar-refractivity contribution in [3.8, 4) is 0 Å². The number of hydrogen-bond donors (Lipinski definition) is 1. The van der Waals surface area contributed by atoms with Crippen LogP contribution >= 0.6 is 15.9 Å². The van der Waals surface area contributed by atoms with Gasteiger partial charge in [0.1, 0.15) is 6.61 Å². The minimum absolute atomic E-state index is 0.0513. The van der Waals surface area contributed by atoms with E-state index in [1.165, 1.54) is 18.2 Å². The maximum atomic E-state index is 11.8. The molecule has 0 amide bonds. The van der Waals surface area contributed by atoms with Gasteiger partial charge in [0.05, 0.1) is 23.2 Å². The zero-order valence-corrected chi connectivity index (χ0v) is 13.5. The molecule has 0 fully saturated rings. The molecule has 0 aliphatic heterocycles. The number of primary sulfonamides is 1. The number of esters is 1. The highest BCUT2D eigenvalue weighted by Gasteiger charge is 2.16. The average Bonchev–Trinajstić information content (AvgIpc) is 2.33. The molecule has 0 spiro atoms. The second-order valence-electron chi connectivity index (χ2n) is 4.25. The molecule has 1 rings (SSSR count). The molecular weight excluding hydrogens is 350 g/mol. The highest BCUT2D eigenvalue weighted by atomic mass is 79.9. The molecule has 0 bridgehead atoms. The van der Waals surface area contributed by atoms with Crippen LogP contribution in [0.1, 0.15) is 24.2 Å². The Morgan fingerprint density at radius 3 is 2.55 bits per heavy atom. The molecule has 112 valence electrons. The summed E-state index contributed by atoms with van der Waals surface area (Å²) in [4.78, 5) is 11.6. The Morgan fingerprint density at radius 2 is 2.00 bits per heavy atom. The number of carbonyl (C=O) groups excluding carboxylic acids is 1. The zero-order chi connectivity index (χ0) is 15.3. The summed E-state index contributed by atoms with van der Waals surface area (Å²) >= 11 is 3.06.